The molecule has 2 heteroatoms. The number of nitrogens with zero attached hydrogens (tertiary/aromatic N) is 1. The topological polar surface area (TPSA) is 3.24 Å². The van der Waals surface area contributed by atoms with E-state index in [9.17, 15) is 0 Å². The van der Waals surface area contributed by atoms with Gasteiger partial charge in [-0.3, -0.25) is 0 Å². The van der Waals surface area contributed by atoms with Gasteiger partial charge in [-0.25, -0.2) is 0 Å². The molecule has 0 aliphatic rings. The minimum atomic E-state index is -0.497. The highest BCUT2D eigenvalue weighted by Gasteiger charge is 2.19. The monoisotopic (exact) mass is 691 g/mol. The first-order valence-corrected chi connectivity index (χ1v) is 17.6. The quantitative estimate of drug-likeness (QED) is 0.168. The van der Waals surface area contributed by atoms with Crippen LogP contribution in [0.2, 0.25) is 0 Å². The van der Waals surface area contributed by atoms with Crippen molar-refractivity contribution in [3.8, 4) is 33.4 Å². The molecule has 244 valence electrons. The van der Waals surface area contributed by atoms with Crippen molar-refractivity contribution < 1.29 is 16.4 Å². The number of benzene rings is 9. The lowest BCUT2D eigenvalue weighted by atomic mass is 9.95. The minimum Gasteiger partial charge on any atom is -0.309 e. The van der Waals surface area contributed by atoms with Crippen LogP contribution in [0, 0.1) is 0 Å². The molecule has 0 amide bonds. The lowest BCUT2D eigenvalue weighted by Gasteiger charge is -2.26. The molecule has 0 spiro atoms. The highest BCUT2D eigenvalue weighted by Crippen LogP contribution is 2.45. The largest absolute Gasteiger partial charge is 0.309 e. The molecular formula is C50H33NS. The summed E-state index contributed by atoms with van der Waals surface area (Å²) in [5.41, 5.74) is 5.74. The highest BCUT2D eigenvalue weighted by molar-refractivity contribution is 7.26. The van der Waals surface area contributed by atoms with E-state index in [1.165, 1.54) is 0 Å². The molecule has 10 aromatic rings. The number of hydrogen-bond donors (Lipinski definition) is 0. The second-order valence-electron chi connectivity index (χ2n) is 12.4. The van der Waals surface area contributed by atoms with Gasteiger partial charge in [0, 0.05) is 26.8 Å². The zero-order chi connectivity index (χ0) is 44.9. The average molecular weight is 692 g/mol. The predicted octanol–water partition coefficient (Wildman–Crippen LogP) is 14.8. The van der Waals surface area contributed by atoms with Gasteiger partial charge in [-0.05, 0) is 97.4 Å². The van der Waals surface area contributed by atoms with E-state index in [1.807, 2.05) is 84.9 Å². The maximum absolute atomic E-state index is 8.92. The van der Waals surface area contributed by atoms with Gasteiger partial charge in [0.1, 0.15) is 0 Å². The summed E-state index contributed by atoms with van der Waals surface area (Å²) in [6, 6.07) is 36.8. The molecular weight excluding hydrogens is 647 g/mol. The summed E-state index contributed by atoms with van der Waals surface area (Å²) in [6.45, 7) is 0. The molecule has 0 aliphatic heterocycles. The molecule has 52 heavy (non-hydrogen) atoms. The van der Waals surface area contributed by atoms with Gasteiger partial charge in [0.05, 0.1) is 26.8 Å². The van der Waals surface area contributed by atoms with Gasteiger partial charge < -0.3 is 4.90 Å². The SMILES string of the molecule is [2H]c1c([2H])c([2H])c(-c2cccc3cc(-c4ccc(N(c5ccc(-c6c([2H])c([2H])c([2H])c7c([2H])c([2H])c([2H])c([2H])c67)cc5)c5cccc6c5sc5ccccc56)cc4)ccc23)c([2H])c1[2H]. The van der Waals surface area contributed by atoms with Gasteiger partial charge in [-0.15, -0.1) is 11.3 Å². The van der Waals surface area contributed by atoms with Crippen molar-refractivity contribution >= 4 is 70.1 Å². The summed E-state index contributed by atoms with van der Waals surface area (Å²) in [5.74, 6) is 0. The van der Waals surface area contributed by atoms with Crippen LogP contribution in [-0.2, 0) is 0 Å². The van der Waals surface area contributed by atoms with Crippen LogP contribution in [0.5, 0.6) is 0 Å². The van der Waals surface area contributed by atoms with Crippen LogP contribution in [0.1, 0.15) is 16.4 Å². The molecule has 0 saturated carbocycles. The Bertz CT molecular complexity index is 3550. The van der Waals surface area contributed by atoms with Crippen molar-refractivity contribution in [1.29, 1.82) is 0 Å². The van der Waals surface area contributed by atoms with Crippen LogP contribution < -0.4 is 4.90 Å². The van der Waals surface area contributed by atoms with E-state index in [0.29, 0.717) is 11.1 Å². The molecule has 0 fully saturated rings. The Morgan fingerprint density at radius 3 is 1.94 bits per heavy atom. The van der Waals surface area contributed by atoms with Gasteiger partial charge in [0.2, 0.25) is 0 Å². The number of rotatable bonds is 6. The Kier molecular flexibility index (Phi) is 4.98. The fourth-order valence-electron chi connectivity index (χ4n) is 7.01. The van der Waals surface area contributed by atoms with E-state index in [1.54, 1.807) is 29.5 Å². The molecule has 0 aliphatic carbocycles. The van der Waals surface area contributed by atoms with Crippen LogP contribution >= 0.6 is 11.3 Å². The molecule has 1 aromatic heterocycles. The van der Waals surface area contributed by atoms with Crippen molar-refractivity contribution in [3.05, 3.63) is 200 Å². The van der Waals surface area contributed by atoms with Crippen LogP contribution in [-0.4, -0.2) is 0 Å². The summed E-state index contributed by atoms with van der Waals surface area (Å²) in [4.78, 5) is 2.15. The summed E-state index contributed by atoms with van der Waals surface area (Å²) >= 11 is 1.69. The normalized spacial score (nSPS) is 14.7. The maximum Gasteiger partial charge on any atom is 0.0640 e. The van der Waals surface area contributed by atoms with Gasteiger partial charge in [0.15, 0.2) is 0 Å². The molecule has 0 saturated heterocycles. The van der Waals surface area contributed by atoms with Crippen molar-refractivity contribution in [3.63, 3.8) is 0 Å². The Labute approximate surface area is 324 Å². The van der Waals surface area contributed by atoms with E-state index in [4.69, 9.17) is 16.4 Å². The number of fused-ring (bicyclic) bond motifs is 5. The van der Waals surface area contributed by atoms with Gasteiger partial charge >= 0.3 is 0 Å². The zero-order valence-electron chi connectivity index (χ0n) is 39.5. The predicted molar refractivity (Wildman–Crippen MR) is 225 cm³/mol. The first kappa shape index (κ1) is 20.4. The smallest absolute Gasteiger partial charge is 0.0640 e. The minimum absolute atomic E-state index is 0.0335. The first-order valence-electron chi connectivity index (χ1n) is 22.8. The summed E-state index contributed by atoms with van der Waals surface area (Å²) in [7, 11) is 0. The van der Waals surface area contributed by atoms with Gasteiger partial charge in [-0.2, -0.15) is 0 Å². The molecule has 9 aromatic carbocycles. The third-order valence-corrected chi connectivity index (χ3v) is 10.7. The third kappa shape index (κ3) is 5.24. The second-order valence-corrected chi connectivity index (χ2v) is 13.5. The van der Waals surface area contributed by atoms with Crippen molar-refractivity contribution in [2.75, 3.05) is 4.90 Å². The summed E-state index contributed by atoms with van der Waals surface area (Å²) in [5, 5.41) is 3.79. The van der Waals surface area contributed by atoms with Crippen LogP contribution in [0.15, 0.2) is 200 Å². The van der Waals surface area contributed by atoms with Crippen LogP contribution in [0.25, 0.3) is 75.1 Å². The van der Waals surface area contributed by atoms with Crippen molar-refractivity contribution in [1.82, 2.24) is 0 Å². The Morgan fingerprint density at radius 2 is 1.10 bits per heavy atom. The highest BCUT2D eigenvalue weighted by atomic mass is 32.1. The molecule has 1 heterocycles. The molecule has 0 atom stereocenters. The van der Waals surface area contributed by atoms with Gasteiger partial charge in [-0.1, -0.05) is 157 Å². The molecule has 0 bridgehead atoms. The van der Waals surface area contributed by atoms with E-state index in [0.717, 1.165) is 59.1 Å². The Balaban J connectivity index is 1.10. The first-order chi connectivity index (χ1) is 30.8. The van der Waals surface area contributed by atoms with Crippen molar-refractivity contribution in [2.24, 2.45) is 0 Å². The molecule has 10 rings (SSSR count). The average Bonchev–Trinajstić information content (AvgIpc) is 3.70. The second kappa shape index (κ2) is 12.7. The molecule has 0 unspecified atom stereocenters. The lowest BCUT2D eigenvalue weighted by Crippen LogP contribution is -2.10. The Morgan fingerprint density at radius 1 is 0.404 bits per heavy atom. The molecule has 0 radical (unpaired) electrons. The summed E-state index contributed by atoms with van der Waals surface area (Å²) in [6.07, 6.45) is 0. The fraction of sp³-hybridized carbons (Fsp3) is 0. The summed E-state index contributed by atoms with van der Waals surface area (Å²) < 4.78 is 104. The molecule has 1 nitrogen and oxygen atoms in total. The number of hydrogen-bond acceptors (Lipinski definition) is 2. The van der Waals surface area contributed by atoms with Gasteiger partial charge in [0.25, 0.3) is 0 Å². The number of thiophene rings is 1. The maximum atomic E-state index is 8.92. The van der Waals surface area contributed by atoms with Crippen molar-refractivity contribution in [2.45, 2.75) is 0 Å². The zero-order valence-corrected chi connectivity index (χ0v) is 28.3. The van der Waals surface area contributed by atoms with E-state index >= 15 is 0 Å². The van der Waals surface area contributed by atoms with Crippen LogP contribution in [0.3, 0.4) is 0 Å². The Hall–Kier alpha value is -6.48. The van der Waals surface area contributed by atoms with E-state index in [2.05, 4.69) is 29.2 Å². The van der Waals surface area contributed by atoms with E-state index < -0.39 is 36.3 Å². The fourth-order valence-corrected chi connectivity index (χ4v) is 8.22. The van der Waals surface area contributed by atoms with E-state index in [-0.39, 0.29) is 58.2 Å². The van der Waals surface area contributed by atoms with Crippen LogP contribution in [0.4, 0.5) is 17.1 Å². The standard InChI is InChI=1S/C50H33NS/c1-2-11-35(12-3-1)43-19-9-15-39-33-38(27-32-45(39)43)34-23-28-40(29-24-34)51(48-21-10-20-47-46-17-6-7-22-49(46)52-50(47)48)41-30-25-37(26-31-41)44-18-8-14-36-13-4-5-16-42(36)44/h1-33H/i1D,2D,3D,4D,5D,8D,11D,12D,13D,14D,16D,18D. The molecule has 0 N–H and O–H groups in total. The third-order valence-electron chi connectivity index (χ3n) is 9.46. The lowest BCUT2D eigenvalue weighted by molar-refractivity contribution is 1.30. The number of anilines is 3.